The number of rotatable bonds is 1. The van der Waals surface area contributed by atoms with Crippen molar-refractivity contribution in [2.75, 3.05) is 26.0 Å². The summed E-state index contributed by atoms with van der Waals surface area (Å²) in [6.07, 6.45) is 1.76. The molecule has 76 valence electrons. The normalized spacial score (nSPS) is 20.2. The summed E-state index contributed by atoms with van der Waals surface area (Å²) in [6, 6.07) is -0.576. The van der Waals surface area contributed by atoms with Gasteiger partial charge < -0.3 is 10.6 Å². The molecular formula is C6H13N3O3S. The molecule has 6 nitrogen and oxygen atoms in total. The molecule has 2 amide bonds. The number of primary amides is 1. The van der Waals surface area contributed by atoms with Gasteiger partial charge in [-0.05, 0) is 6.42 Å². The zero-order valence-corrected chi connectivity index (χ0v) is 8.25. The van der Waals surface area contributed by atoms with Crippen LogP contribution in [0.25, 0.3) is 0 Å². The maximum Gasteiger partial charge on any atom is 0.315 e. The molecule has 0 unspecified atom stereocenters. The molecule has 0 aromatic rings. The van der Waals surface area contributed by atoms with Gasteiger partial charge in [-0.3, -0.25) is 0 Å². The van der Waals surface area contributed by atoms with Crippen LogP contribution in [0, 0.1) is 0 Å². The summed E-state index contributed by atoms with van der Waals surface area (Å²) in [7, 11) is -3.21. The van der Waals surface area contributed by atoms with Crippen molar-refractivity contribution in [2.24, 2.45) is 5.73 Å². The Bertz CT molecular complexity index is 300. The molecular weight excluding hydrogens is 194 g/mol. The third-order valence-corrected chi connectivity index (χ3v) is 3.18. The van der Waals surface area contributed by atoms with E-state index in [0.29, 0.717) is 19.5 Å². The fourth-order valence-electron chi connectivity index (χ4n) is 1.22. The zero-order chi connectivity index (χ0) is 10.1. The first-order valence-electron chi connectivity index (χ1n) is 3.91. The summed E-state index contributed by atoms with van der Waals surface area (Å²) in [5.41, 5.74) is 5.04. The van der Waals surface area contributed by atoms with E-state index in [4.69, 9.17) is 5.73 Å². The maximum atomic E-state index is 11.1. The zero-order valence-electron chi connectivity index (χ0n) is 7.43. The Balaban J connectivity index is 2.67. The number of carbonyl (C=O) groups excluding carboxylic acids is 1. The van der Waals surface area contributed by atoms with Crippen molar-refractivity contribution >= 4 is 16.1 Å². The number of nitrogens with zero attached hydrogens (tertiary/aromatic N) is 2. The van der Waals surface area contributed by atoms with Gasteiger partial charge in [0.05, 0.1) is 12.9 Å². The number of nitrogens with two attached hydrogens (primary N) is 1. The largest absolute Gasteiger partial charge is 0.351 e. The standard InChI is InChI=1S/C6H13N3O3S/c1-13(11,12)9-4-2-3-8(5-9)6(7)10/h2-5H2,1H3,(H2,7,10). The van der Waals surface area contributed by atoms with Crippen molar-refractivity contribution in [3.05, 3.63) is 0 Å². The Morgan fingerprint density at radius 2 is 2.00 bits per heavy atom. The Kier molecular flexibility index (Phi) is 2.77. The van der Waals surface area contributed by atoms with Crippen molar-refractivity contribution in [3.63, 3.8) is 0 Å². The molecule has 1 saturated heterocycles. The van der Waals surface area contributed by atoms with Gasteiger partial charge in [-0.1, -0.05) is 0 Å². The van der Waals surface area contributed by atoms with Gasteiger partial charge in [-0.15, -0.1) is 0 Å². The lowest BCUT2D eigenvalue weighted by Gasteiger charge is -2.32. The quantitative estimate of drug-likeness (QED) is 0.598. The Hall–Kier alpha value is -0.820. The second-order valence-corrected chi connectivity index (χ2v) is 5.02. The SMILES string of the molecule is CS(=O)(=O)N1CCCN(C(N)=O)C1. The van der Waals surface area contributed by atoms with Crippen LogP contribution in [0.4, 0.5) is 4.79 Å². The number of urea groups is 1. The Morgan fingerprint density at radius 3 is 2.46 bits per heavy atom. The topological polar surface area (TPSA) is 83.7 Å². The number of sulfonamides is 1. The van der Waals surface area contributed by atoms with Gasteiger partial charge in [0.15, 0.2) is 0 Å². The predicted octanol–water partition coefficient (Wildman–Crippen LogP) is -1.01. The van der Waals surface area contributed by atoms with E-state index in [9.17, 15) is 13.2 Å². The van der Waals surface area contributed by atoms with E-state index in [2.05, 4.69) is 0 Å². The molecule has 0 atom stereocenters. The first kappa shape index (κ1) is 10.3. The maximum absolute atomic E-state index is 11.1. The van der Waals surface area contributed by atoms with E-state index in [0.717, 1.165) is 6.26 Å². The summed E-state index contributed by atoms with van der Waals surface area (Å²) < 4.78 is 23.4. The highest BCUT2D eigenvalue weighted by Crippen LogP contribution is 2.08. The number of hydrogen-bond donors (Lipinski definition) is 1. The minimum atomic E-state index is -3.21. The van der Waals surface area contributed by atoms with Crippen LogP contribution < -0.4 is 5.73 Å². The lowest BCUT2D eigenvalue weighted by atomic mass is 10.3. The molecule has 0 aromatic heterocycles. The van der Waals surface area contributed by atoms with E-state index in [1.54, 1.807) is 0 Å². The second kappa shape index (κ2) is 3.51. The van der Waals surface area contributed by atoms with Crippen LogP contribution in [0.1, 0.15) is 6.42 Å². The summed E-state index contributed by atoms with van der Waals surface area (Å²) in [4.78, 5) is 12.1. The molecule has 0 spiro atoms. The van der Waals surface area contributed by atoms with Gasteiger partial charge in [0.2, 0.25) is 10.0 Å². The van der Waals surface area contributed by atoms with Crippen molar-refractivity contribution in [1.82, 2.24) is 9.21 Å². The molecule has 0 aliphatic carbocycles. The highest BCUT2D eigenvalue weighted by Gasteiger charge is 2.25. The van der Waals surface area contributed by atoms with Crippen LogP contribution in [0.5, 0.6) is 0 Å². The van der Waals surface area contributed by atoms with Gasteiger partial charge >= 0.3 is 6.03 Å². The molecule has 1 aliphatic rings. The van der Waals surface area contributed by atoms with Crippen LogP contribution in [0.15, 0.2) is 0 Å². The minimum absolute atomic E-state index is 0.0775. The Labute approximate surface area is 77.3 Å². The van der Waals surface area contributed by atoms with Gasteiger partial charge in [-0.2, -0.15) is 4.31 Å². The first-order valence-corrected chi connectivity index (χ1v) is 5.75. The lowest BCUT2D eigenvalue weighted by molar-refractivity contribution is 0.158. The summed E-state index contributed by atoms with van der Waals surface area (Å²) in [5.74, 6) is 0. The van der Waals surface area contributed by atoms with E-state index < -0.39 is 16.1 Å². The molecule has 1 heterocycles. The van der Waals surface area contributed by atoms with E-state index >= 15 is 0 Å². The smallest absolute Gasteiger partial charge is 0.315 e. The van der Waals surface area contributed by atoms with Crippen LogP contribution in [0.2, 0.25) is 0 Å². The van der Waals surface area contributed by atoms with Crippen LogP contribution in [-0.2, 0) is 10.0 Å². The van der Waals surface area contributed by atoms with Crippen LogP contribution in [0.3, 0.4) is 0 Å². The van der Waals surface area contributed by atoms with E-state index in [1.165, 1.54) is 9.21 Å². The van der Waals surface area contributed by atoms with Crippen molar-refractivity contribution in [1.29, 1.82) is 0 Å². The van der Waals surface area contributed by atoms with E-state index in [-0.39, 0.29) is 6.67 Å². The molecule has 0 saturated carbocycles. The molecule has 2 N–H and O–H groups in total. The molecule has 1 fully saturated rings. The van der Waals surface area contributed by atoms with Gasteiger partial charge in [-0.25, -0.2) is 13.2 Å². The third kappa shape index (κ3) is 2.56. The molecule has 0 bridgehead atoms. The van der Waals surface area contributed by atoms with Gasteiger partial charge in [0.25, 0.3) is 0 Å². The first-order chi connectivity index (χ1) is 5.91. The Morgan fingerprint density at radius 1 is 1.38 bits per heavy atom. The van der Waals surface area contributed by atoms with Gasteiger partial charge in [0.1, 0.15) is 0 Å². The highest BCUT2D eigenvalue weighted by atomic mass is 32.2. The summed E-state index contributed by atoms with van der Waals surface area (Å²) >= 11 is 0. The molecule has 0 aromatic carbocycles. The molecule has 1 rings (SSSR count). The summed E-state index contributed by atoms with van der Waals surface area (Å²) in [6.45, 7) is 1.07. The number of amides is 2. The average molecular weight is 207 g/mol. The van der Waals surface area contributed by atoms with Crippen molar-refractivity contribution in [2.45, 2.75) is 6.42 Å². The average Bonchev–Trinajstić information content (AvgIpc) is 2.03. The molecule has 1 aliphatic heterocycles. The number of hydrogen-bond acceptors (Lipinski definition) is 3. The van der Waals surface area contributed by atoms with Gasteiger partial charge in [0, 0.05) is 13.1 Å². The molecule has 13 heavy (non-hydrogen) atoms. The van der Waals surface area contributed by atoms with Crippen LogP contribution in [-0.4, -0.2) is 49.7 Å². The van der Waals surface area contributed by atoms with Crippen molar-refractivity contribution < 1.29 is 13.2 Å². The highest BCUT2D eigenvalue weighted by molar-refractivity contribution is 7.88. The molecule has 0 radical (unpaired) electrons. The fraction of sp³-hybridized carbons (Fsp3) is 0.833. The van der Waals surface area contributed by atoms with Crippen LogP contribution >= 0.6 is 0 Å². The third-order valence-electron chi connectivity index (χ3n) is 1.94. The monoisotopic (exact) mass is 207 g/mol. The fourth-order valence-corrected chi connectivity index (χ4v) is 2.03. The molecule has 7 heteroatoms. The second-order valence-electron chi connectivity index (χ2n) is 3.04. The number of carbonyl (C=O) groups is 1. The summed E-state index contributed by atoms with van der Waals surface area (Å²) in [5, 5.41) is 0. The lowest BCUT2D eigenvalue weighted by Crippen LogP contribution is -2.50. The minimum Gasteiger partial charge on any atom is -0.351 e. The van der Waals surface area contributed by atoms with E-state index in [1.807, 2.05) is 0 Å². The predicted molar refractivity (Wildman–Crippen MR) is 47.3 cm³/mol. The van der Waals surface area contributed by atoms with Crippen molar-refractivity contribution in [3.8, 4) is 0 Å².